The number of halogens is 1. The van der Waals surface area contributed by atoms with Crippen LogP contribution in [0.2, 0.25) is 0 Å². The Balaban J connectivity index is 1.90. The number of carboxylic acids is 1. The van der Waals surface area contributed by atoms with Crippen molar-refractivity contribution in [2.24, 2.45) is 5.41 Å². The molecule has 0 radical (unpaired) electrons. The van der Waals surface area contributed by atoms with Crippen molar-refractivity contribution >= 4 is 33.3 Å². The standard InChI is InChI=1S/C17H18FNO4S/c1-10-12-7-11(18)3-4-13(12)24-14(10)15(20)19-6-5-17(8-19,9-23-2)16(21)22/h3-4,7H,5-6,8-9H2,1-2H3,(H,21,22). The van der Waals surface area contributed by atoms with Crippen LogP contribution in [0.4, 0.5) is 4.39 Å². The summed E-state index contributed by atoms with van der Waals surface area (Å²) in [6.45, 7) is 2.36. The molecule has 0 saturated carbocycles. The minimum absolute atomic E-state index is 0.0721. The van der Waals surface area contributed by atoms with Gasteiger partial charge in [-0.3, -0.25) is 9.59 Å². The summed E-state index contributed by atoms with van der Waals surface area (Å²) in [5.74, 6) is -1.49. The van der Waals surface area contributed by atoms with Crippen LogP contribution >= 0.6 is 11.3 Å². The van der Waals surface area contributed by atoms with Crippen molar-refractivity contribution in [3.63, 3.8) is 0 Å². The minimum atomic E-state index is -1.05. The van der Waals surface area contributed by atoms with E-state index < -0.39 is 11.4 Å². The fourth-order valence-corrected chi connectivity index (χ4v) is 4.37. The molecule has 0 bridgehead atoms. The molecule has 1 amide bonds. The van der Waals surface area contributed by atoms with Crippen molar-refractivity contribution in [3.05, 3.63) is 34.5 Å². The SMILES string of the molecule is COCC1(C(=O)O)CCN(C(=O)c2sc3ccc(F)cc3c2C)C1. The second-order valence-electron chi connectivity index (χ2n) is 6.19. The maximum absolute atomic E-state index is 13.4. The van der Waals surface area contributed by atoms with E-state index >= 15 is 0 Å². The third-order valence-corrected chi connectivity index (χ3v) is 5.87. The van der Waals surface area contributed by atoms with Gasteiger partial charge < -0.3 is 14.7 Å². The third-order valence-electron chi connectivity index (χ3n) is 4.61. The first kappa shape index (κ1) is 16.9. The zero-order valence-electron chi connectivity index (χ0n) is 13.5. The van der Waals surface area contributed by atoms with Gasteiger partial charge in [-0.2, -0.15) is 0 Å². The lowest BCUT2D eigenvalue weighted by Crippen LogP contribution is -2.40. The van der Waals surface area contributed by atoms with Crippen LogP contribution in [0.3, 0.4) is 0 Å². The Bertz CT molecular complexity index is 818. The number of carbonyl (C=O) groups excluding carboxylic acids is 1. The lowest BCUT2D eigenvalue weighted by molar-refractivity contribution is -0.151. The van der Waals surface area contributed by atoms with Crippen molar-refractivity contribution < 1.29 is 23.8 Å². The molecule has 128 valence electrons. The molecule has 0 aliphatic carbocycles. The van der Waals surface area contributed by atoms with Gasteiger partial charge in [0, 0.05) is 24.9 Å². The molecule has 1 atom stereocenters. The molecule has 7 heteroatoms. The largest absolute Gasteiger partial charge is 0.481 e. The second-order valence-corrected chi connectivity index (χ2v) is 7.24. The molecule has 1 aliphatic heterocycles. The van der Waals surface area contributed by atoms with Gasteiger partial charge in [0.1, 0.15) is 11.2 Å². The Morgan fingerprint density at radius 3 is 2.88 bits per heavy atom. The maximum atomic E-state index is 13.4. The molecular formula is C17H18FNO4S. The molecule has 2 heterocycles. The van der Waals surface area contributed by atoms with Crippen LogP contribution in [0.1, 0.15) is 21.7 Å². The number of hydrogen-bond donors (Lipinski definition) is 1. The topological polar surface area (TPSA) is 66.8 Å². The van der Waals surface area contributed by atoms with E-state index in [0.717, 1.165) is 15.6 Å². The number of aryl methyl sites for hydroxylation is 1. The Labute approximate surface area is 142 Å². The van der Waals surface area contributed by atoms with Crippen LogP contribution in [0.5, 0.6) is 0 Å². The number of rotatable bonds is 4. The van der Waals surface area contributed by atoms with Crippen LogP contribution in [0.25, 0.3) is 10.1 Å². The number of benzene rings is 1. The van der Waals surface area contributed by atoms with Crippen LogP contribution < -0.4 is 0 Å². The highest BCUT2D eigenvalue weighted by Gasteiger charge is 2.46. The van der Waals surface area contributed by atoms with E-state index in [9.17, 15) is 19.1 Å². The Morgan fingerprint density at radius 2 is 2.21 bits per heavy atom. The lowest BCUT2D eigenvalue weighted by Gasteiger charge is -2.23. The van der Waals surface area contributed by atoms with Crippen molar-refractivity contribution in [1.82, 2.24) is 4.90 Å². The summed E-state index contributed by atoms with van der Waals surface area (Å²) in [5.41, 5.74) is -0.319. The number of carbonyl (C=O) groups is 2. The van der Waals surface area contributed by atoms with Crippen molar-refractivity contribution in [2.75, 3.05) is 26.8 Å². The molecule has 1 fully saturated rings. The zero-order valence-corrected chi connectivity index (χ0v) is 14.3. The highest BCUT2D eigenvalue weighted by atomic mass is 32.1. The number of likely N-dealkylation sites (tertiary alicyclic amines) is 1. The molecular weight excluding hydrogens is 333 g/mol. The Hall–Kier alpha value is -1.99. The summed E-state index contributed by atoms with van der Waals surface area (Å²) in [7, 11) is 1.46. The minimum Gasteiger partial charge on any atom is -0.481 e. The molecule has 1 aliphatic rings. The molecule has 24 heavy (non-hydrogen) atoms. The normalized spacial score (nSPS) is 20.7. The summed E-state index contributed by atoms with van der Waals surface area (Å²) in [6, 6.07) is 4.46. The van der Waals surface area contributed by atoms with Crippen LogP contribution in [0.15, 0.2) is 18.2 Å². The van der Waals surface area contributed by atoms with Gasteiger partial charge in [-0.05, 0) is 42.5 Å². The summed E-state index contributed by atoms with van der Waals surface area (Å²) in [6.07, 6.45) is 0.362. The van der Waals surface area contributed by atoms with E-state index in [2.05, 4.69) is 0 Å². The Morgan fingerprint density at radius 1 is 1.46 bits per heavy atom. The average Bonchev–Trinajstić information content (AvgIpc) is 3.11. The average molecular weight is 351 g/mol. The smallest absolute Gasteiger partial charge is 0.313 e. The molecule has 5 nitrogen and oxygen atoms in total. The van der Waals surface area contributed by atoms with E-state index in [-0.39, 0.29) is 24.9 Å². The van der Waals surface area contributed by atoms with Gasteiger partial charge >= 0.3 is 5.97 Å². The number of nitrogens with zero attached hydrogens (tertiary/aromatic N) is 1. The van der Waals surface area contributed by atoms with Crippen molar-refractivity contribution in [3.8, 4) is 0 Å². The summed E-state index contributed by atoms with van der Waals surface area (Å²) in [5, 5.41) is 10.2. The van der Waals surface area contributed by atoms with Crippen LogP contribution in [0, 0.1) is 18.2 Å². The number of aliphatic carboxylic acids is 1. The second kappa shape index (κ2) is 6.14. The molecule has 1 aromatic heterocycles. The lowest BCUT2D eigenvalue weighted by atomic mass is 9.88. The number of methoxy groups -OCH3 is 1. The van der Waals surface area contributed by atoms with Gasteiger partial charge in [0.15, 0.2) is 0 Å². The number of amides is 1. The molecule has 2 aromatic rings. The van der Waals surface area contributed by atoms with E-state index in [1.807, 2.05) is 0 Å². The van der Waals surface area contributed by atoms with Crippen LogP contribution in [-0.2, 0) is 9.53 Å². The number of fused-ring (bicyclic) bond motifs is 1. The molecule has 1 saturated heterocycles. The number of hydrogen-bond acceptors (Lipinski definition) is 4. The Kier molecular flexibility index (Phi) is 4.31. The first-order valence-corrected chi connectivity index (χ1v) is 8.40. The van der Waals surface area contributed by atoms with E-state index in [1.54, 1.807) is 17.9 Å². The quantitative estimate of drug-likeness (QED) is 0.920. The highest BCUT2D eigenvalue weighted by molar-refractivity contribution is 7.21. The first-order chi connectivity index (χ1) is 11.4. The van der Waals surface area contributed by atoms with Crippen molar-refractivity contribution in [2.45, 2.75) is 13.3 Å². The van der Waals surface area contributed by atoms with Gasteiger partial charge in [-0.25, -0.2) is 4.39 Å². The van der Waals surface area contributed by atoms with Crippen LogP contribution in [-0.4, -0.2) is 48.7 Å². The van der Waals surface area contributed by atoms with Gasteiger partial charge in [-0.1, -0.05) is 0 Å². The number of carboxylic acid groups (broad SMARTS) is 1. The fourth-order valence-electron chi connectivity index (χ4n) is 3.22. The zero-order chi connectivity index (χ0) is 17.5. The number of ether oxygens (including phenoxy) is 1. The van der Waals surface area contributed by atoms with Gasteiger partial charge in [-0.15, -0.1) is 11.3 Å². The van der Waals surface area contributed by atoms with Crippen molar-refractivity contribution in [1.29, 1.82) is 0 Å². The predicted octanol–water partition coefficient (Wildman–Crippen LogP) is 2.91. The molecule has 0 spiro atoms. The summed E-state index contributed by atoms with van der Waals surface area (Å²) in [4.78, 5) is 26.5. The van der Waals surface area contributed by atoms with Gasteiger partial charge in [0.25, 0.3) is 5.91 Å². The van der Waals surface area contributed by atoms with E-state index in [1.165, 1.54) is 30.6 Å². The predicted molar refractivity (Wildman–Crippen MR) is 89.0 cm³/mol. The summed E-state index contributed by atoms with van der Waals surface area (Å²) >= 11 is 1.31. The molecule has 1 unspecified atom stereocenters. The maximum Gasteiger partial charge on any atom is 0.313 e. The van der Waals surface area contributed by atoms with E-state index in [0.29, 0.717) is 17.8 Å². The fraction of sp³-hybridized carbons (Fsp3) is 0.412. The first-order valence-electron chi connectivity index (χ1n) is 7.58. The van der Waals surface area contributed by atoms with Gasteiger partial charge in [0.2, 0.25) is 0 Å². The third kappa shape index (κ3) is 2.67. The van der Waals surface area contributed by atoms with E-state index in [4.69, 9.17) is 4.74 Å². The molecule has 1 aromatic carbocycles. The monoisotopic (exact) mass is 351 g/mol. The molecule has 3 rings (SSSR count). The summed E-state index contributed by atoms with van der Waals surface area (Å²) < 4.78 is 19.3. The highest BCUT2D eigenvalue weighted by Crippen LogP contribution is 2.36. The molecule has 1 N–H and O–H groups in total. The van der Waals surface area contributed by atoms with Gasteiger partial charge in [0.05, 0.1) is 11.5 Å². The number of thiophene rings is 1.